The Morgan fingerprint density at radius 2 is 1.88 bits per heavy atom. The number of rotatable bonds is 7. The average molecular weight is 379 g/mol. The van der Waals surface area contributed by atoms with Crippen molar-refractivity contribution >= 4 is 29.1 Å². The van der Waals surface area contributed by atoms with Gasteiger partial charge in [0.2, 0.25) is 5.91 Å². The highest BCUT2D eigenvalue weighted by Gasteiger charge is 2.16. The number of thioether (sulfide) groups is 1. The molecule has 0 aliphatic carbocycles. The third-order valence-corrected chi connectivity index (χ3v) is 4.92. The van der Waals surface area contributed by atoms with E-state index in [2.05, 4.69) is 5.32 Å². The summed E-state index contributed by atoms with van der Waals surface area (Å²) in [4.78, 5) is 23.8. The van der Waals surface area contributed by atoms with Gasteiger partial charge in [0.25, 0.3) is 0 Å². The van der Waals surface area contributed by atoms with Gasteiger partial charge in [-0.15, -0.1) is 11.8 Å². The van der Waals surface area contributed by atoms with E-state index in [1.54, 1.807) is 25.1 Å². The van der Waals surface area contributed by atoms with Gasteiger partial charge in [-0.2, -0.15) is 0 Å². The van der Waals surface area contributed by atoms with Crippen molar-refractivity contribution in [3.63, 3.8) is 0 Å². The minimum absolute atomic E-state index is 0.0527. The lowest BCUT2D eigenvalue weighted by atomic mass is 10.1. The quantitative estimate of drug-likeness (QED) is 0.723. The molecule has 0 aliphatic rings. The number of carbonyl (C=O) groups excluding carboxylic acids is 2. The number of halogens is 2. The molecule has 0 saturated heterocycles. The molecule has 1 unspecified atom stereocenters. The van der Waals surface area contributed by atoms with Crippen LogP contribution in [-0.4, -0.2) is 24.1 Å². The Bertz CT molecular complexity index is 826. The van der Waals surface area contributed by atoms with Crippen molar-refractivity contribution in [2.24, 2.45) is 0 Å². The molecule has 4 nitrogen and oxygen atoms in total. The number of carbonyl (C=O) groups is 2. The van der Waals surface area contributed by atoms with Gasteiger partial charge in [-0.25, -0.2) is 8.78 Å². The summed E-state index contributed by atoms with van der Waals surface area (Å²) < 4.78 is 31.4. The second-order valence-electron chi connectivity index (χ2n) is 5.65. The van der Waals surface area contributed by atoms with Gasteiger partial charge in [0.15, 0.2) is 17.4 Å². The number of hydrogen-bond donors (Lipinski definition) is 1. The fourth-order valence-electron chi connectivity index (χ4n) is 2.22. The van der Waals surface area contributed by atoms with Crippen LogP contribution in [0.15, 0.2) is 36.4 Å². The summed E-state index contributed by atoms with van der Waals surface area (Å²) >= 11 is 1.34. The molecule has 0 aliphatic heterocycles. The van der Waals surface area contributed by atoms with Gasteiger partial charge >= 0.3 is 0 Å². The van der Waals surface area contributed by atoms with Crippen LogP contribution in [0.2, 0.25) is 0 Å². The Labute approximate surface area is 154 Å². The smallest absolute Gasteiger partial charge is 0.237 e. The Balaban J connectivity index is 2.02. The van der Waals surface area contributed by atoms with E-state index in [9.17, 15) is 18.4 Å². The monoisotopic (exact) mass is 379 g/mol. The molecule has 0 spiro atoms. The number of amides is 1. The molecule has 26 heavy (non-hydrogen) atoms. The summed E-state index contributed by atoms with van der Waals surface area (Å²) in [5.41, 5.74) is 1.57. The lowest BCUT2D eigenvalue weighted by Gasteiger charge is -2.14. The maximum absolute atomic E-state index is 13.2. The lowest BCUT2D eigenvalue weighted by molar-refractivity contribution is -0.115. The number of hydrogen-bond acceptors (Lipinski definition) is 4. The molecule has 0 radical (unpaired) electrons. The summed E-state index contributed by atoms with van der Waals surface area (Å²) in [6, 6.07) is 8.35. The van der Waals surface area contributed by atoms with Crippen molar-refractivity contribution < 1.29 is 23.1 Å². The van der Waals surface area contributed by atoms with Crippen LogP contribution in [0.25, 0.3) is 0 Å². The summed E-state index contributed by atoms with van der Waals surface area (Å²) in [5.74, 6) is -1.28. The SMILES string of the molecule is COc1ccc(C(C)=O)cc1CSC(C)C(=O)Nc1ccc(F)c(F)c1. The molecule has 2 aromatic rings. The Kier molecular flexibility index (Phi) is 6.74. The first-order valence-electron chi connectivity index (χ1n) is 7.87. The van der Waals surface area contributed by atoms with Crippen molar-refractivity contribution in [3.05, 3.63) is 59.2 Å². The van der Waals surface area contributed by atoms with Crippen LogP contribution in [0.5, 0.6) is 5.75 Å². The molecule has 1 atom stereocenters. The van der Waals surface area contributed by atoms with Gasteiger partial charge in [-0.1, -0.05) is 0 Å². The number of methoxy groups -OCH3 is 1. The second kappa shape index (κ2) is 8.80. The van der Waals surface area contributed by atoms with Crippen molar-refractivity contribution in [2.75, 3.05) is 12.4 Å². The first-order valence-corrected chi connectivity index (χ1v) is 8.92. The van der Waals surface area contributed by atoms with Gasteiger partial charge in [-0.05, 0) is 44.2 Å². The number of Topliss-reactive ketones (excluding diaryl/α,β-unsaturated/α-hetero) is 1. The molecule has 1 N–H and O–H groups in total. The number of nitrogens with one attached hydrogen (secondary N) is 1. The highest BCUT2D eigenvalue weighted by atomic mass is 32.2. The molecule has 0 fully saturated rings. The van der Waals surface area contributed by atoms with Crippen LogP contribution < -0.4 is 10.1 Å². The van der Waals surface area contributed by atoms with Crippen molar-refractivity contribution in [3.8, 4) is 5.75 Å². The van der Waals surface area contributed by atoms with Gasteiger partial charge in [0.05, 0.1) is 12.4 Å². The fourth-order valence-corrected chi connectivity index (χ4v) is 3.08. The number of ether oxygens (including phenoxy) is 1. The molecule has 0 aromatic heterocycles. The summed E-state index contributed by atoms with van der Waals surface area (Å²) in [6.07, 6.45) is 0. The zero-order valence-electron chi connectivity index (χ0n) is 14.6. The molecule has 0 bridgehead atoms. The van der Waals surface area contributed by atoms with E-state index < -0.39 is 16.9 Å². The lowest BCUT2D eigenvalue weighted by Crippen LogP contribution is -2.22. The molecule has 0 heterocycles. The van der Waals surface area contributed by atoms with Crippen molar-refractivity contribution in [1.29, 1.82) is 0 Å². The zero-order chi connectivity index (χ0) is 19.3. The first kappa shape index (κ1) is 19.9. The predicted octanol–water partition coefficient (Wildman–Crippen LogP) is 4.44. The summed E-state index contributed by atoms with van der Waals surface area (Å²) in [5, 5.41) is 2.10. The van der Waals surface area contributed by atoms with E-state index in [0.29, 0.717) is 17.1 Å². The van der Waals surface area contributed by atoms with Gasteiger partial charge in [0, 0.05) is 28.6 Å². The van der Waals surface area contributed by atoms with Crippen LogP contribution in [0.4, 0.5) is 14.5 Å². The molecule has 138 valence electrons. The molecular weight excluding hydrogens is 360 g/mol. The van der Waals surface area contributed by atoms with Crippen LogP contribution in [0, 0.1) is 11.6 Å². The minimum atomic E-state index is -1.02. The van der Waals surface area contributed by atoms with Gasteiger partial charge in [0.1, 0.15) is 5.75 Å². The van der Waals surface area contributed by atoms with Crippen LogP contribution >= 0.6 is 11.8 Å². The topological polar surface area (TPSA) is 55.4 Å². The molecule has 1 amide bonds. The molecule has 0 saturated carbocycles. The second-order valence-corrected chi connectivity index (χ2v) is 6.98. The van der Waals surface area contributed by atoms with Gasteiger partial charge < -0.3 is 10.1 Å². The standard InChI is InChI=1S/C19H19F2NO3S/c1-11(23)13-4-7-18(25-3)14(8-13)10-26-12(2)19(24)22-15-5-6-16(20)17(21)9-15/h4-9,12H,10H2,1-3H3,(H,22,24). The van der Waals surface area contributed by atoms with E-state index >= 15 is 0 Å². The Morgan fingerprint density at radius 3 is 2.50 bits per heavy atom. The van der Waals surface area contributed by atoms with Crippen LogP contribution in [0.1, 0.15) is 29.8 Å². The van der Waals surface area contributed by atoms with Gasteiger partial charge in [-0.3, -0.25) is 9.59 Å². The van der Waals surface area contributed by atoms with E-state index in [0.717, 1.165) is 17.7 Å². The van der Waals surface area contributed by atoms with Crippen molar-refractivity contribution in [2.45, 2.75) is 24.9 Å². The Hall–Kier alpha value is -2.41. The average Bonchev–Trinajstić information content (AvgIpc) is 2.62. The highest BCUT2D eigenvalue weighted by Crippen LogP contribution is 2.27. The van der Waals surface area contributed by atoms with Crippen LogP contribution in [0.3, 0.4) is 0 Å². The minimum Gasteiger partial charge on any atom is -0.496 e. The fraction of sp³-hybridized carbons (Fsp3) is 0.263. The number of ketones is 1. The highest BCUT2D eigenvalue weighted by molar-refractivity contribution is 7.99. The molecular formula is C19H19F2NO3S. The predicted molar refractivity (Wildman–Crippen MR) is 98.7 cm³/mol. The largest absolute Gasteiger partial charge is 0.496 e. The molecule has 2 rings (SSSR count). The van der Waals surface area contributed by atoms with E-state index in [4.69, 9.17) is 4.74 Å². The van der Waals surface area contributed by atoms with Crippen LogP contribution in [-0.2, 0) is 10.5 Å². The molecule has 7 heteroatoms. The van der Waals surface area contributed by atoms with E-state index in [-0.39, 0.29) is 17.4 Å². The van der Waals surface area contributed by atoms with Crippen molar-refractivity contribution in [1.82, 2.24) is 0 Å². The number of anilines is 1. The Morgan fingerprint density at radius 1 is 1.15 bits per heavy atom. The molecule has 2 aromatic carbocycles. The normalized spacial score (nSPS) is 11.7. The summed E-state index contributed by atoms with van der Waals surface area (Å²) in [7, 11) is 1.54. The van der Waals surface area contributed by atoms with E-state index in [1.807, 2.05) is 0 Å². The number of benzene rings is 2. The van der Waals surface area contributed by atoms with E-state index in [1.165, 1.54) is 31.9 Å². The third-order valence-electron chi connectivity index (χ3n) is 3.73. The first-order chi connectivity index (χ1) is 12.3. The maximum atomic E-state index is 13.2. The summed E-state index contributed by atoms with van der Waals surface area (Å²) in [6.45, 7) is 3.19. The maximum Gasteiger partial charge on any atom is 0.237 e. The zero-order valence-corrected chi connectivity index (χ0v) is 15.5. The third kappa shape index (κ3) is 5.05.